The standard InChI is InChI=1S/C23H23N7O/c1-3-17-22-18(26-23(31)20-14-24-21-10-5-6-13-28(20)21)8-7-9-19(22)30(27-17)15-16-11-12-25-29(16)4-2/h5-14H,3-4,15H2,1-2H3,(H,26,31). The molecule has 1 N–H and O–H groups in total. The highest BCUT2D eigenvalue weighted by molar-refractivity contribution is 6.08. The second-order valence-corrected chi connectivity index (χ2v) is 7.32. The van der Waals surface area contributed by atoms with Crippen molar-refractivity contribution in [3.05, 3.63) is 78.1 Å². The van der Waals surface area contributed by atoms with Gasteiger partial charge in [-0.25, -0.2) is 4.98 Å². The number of rotatable bonds is 6. The molecule has 0 saturated heterocycles. The number of aryl methyl sites for hydroxylation is 2. The molecule has 0 fully saturated rings. The molecule has 0 spiro atoms. The quantitative estimate of drug-likeness (QED) is 0.459. The predicted octanol–water partition coefficient (Wildman–Crippen LogP) is 3.76. The van der Waals surface area contributed by atoms with Gasteiger partial charge in [0, 0.05) is 24.3 Å². The molecule has 8 heteroatoms. The Morgan fingerprint density at radius 2 is 1.97 bits per heavy atom. The number of hydrogen-bond donors (Lipinski definition) is 1. The van der Waals surface area contributed by atoms with Gasteiger partial charge in [-0.2, -0.15) is 10.2 Å². The van der Waals surface area contributed by atoms with Crippen molar-refractivity contribution in [3.8, 4) is 0 Å². The molecule has 0 radical (unpaired) electrons. The van der Waals surface area contributed by atoms with Crippen LogP contribution in [-0.2, 0) is 19.5 Å². The molecule has 1 amide bonds. The van der Waals surface area contributed by atoms with Crippen LogP contribution in [0.4, 0.5) is 5.69 Å². The van der Waals surface area contributed by atoms with Gasteiger partial charge in [0.2, 0.25) is 0 Å². The highest BCUT2D eigenvalue weighted by Crippen LogP contribution is 2.28. The number of hydrogen-bond acceptors (Lipinski definition) is 4. The van der Waals surface area contributed by atoms with E-state index in [0.29, 0.717) is 12.2 Å². The molecule has 5 aromatic rings. The van der Waals surface area contributed by atoms with Crippen LogP contribution in [0, 0.1) is 0 Å². The van der Waals surface area contributed by atoms with Crippen molar-refractivity contribution in [2.24, 2.45) is 0 Å². The normalized spacial score (nSPS) is 11.4. The summed E-state index contributed by atoms with van der Waals surface area (Å²) in [6.07, 6.45) is 6.01. The minimum absolute atomic E-state index is 0.204. The van der Waals surface area contributed by atoms with Crippen LogP contribution in [0.15, 0.2) is 61.1 Å². The molecule has 0 unspecified atom stereocenters. The van der Waals surface area contributed by atoms with E-state index < -0.39 is 0 Å². The number of nitrogens with zero attached hydrogens (tertiary/aromatic N) is 6. The van der Waals surface area contributed by atoms with Crippen molar-refractivity contribution < 1.29 is 4.79 Å². The molecular weight excluding hydrogens is 390 g/mol. The number of carbonyl (C=O) groups excluding carboxylic acids is 1. The van der Waals surface area contributed by atoms with Crippen molar-refractivity contribution in [2.45, 2.75) is 33.4 Å². The SMILES string of the molecule is CCc1nn(Cc2ccnn2CC)c2cccc(NC(=O)c3cnc4ccccn34)c12. The number of imidazole rings is 1. The Kier molecular flexibility index (Phi) is 4.74. The lowest BCUT2D eigenvalue weighted by atomic mass is 10.1. The van der Waals surface area contributed by atoms with E-state index in [4.69, 9.17) is 5.10 Å². The second kappa shape index (κ2) is 7.71. The van der Waals surface area contributed by atoms with E-state index >= 15 is 0 Å². The van der Waals surface area contributed by atoms with Gasteiger partial charge in [-0.1, -0.05) is 19.1 Å². The summed E-state index contributed by atoms with van der Waals surface area (Å²) >= 11 is 0. The van der Waals surface area contributed by atoms with Crippen LogP contribution in [0.2, 0.25) is 0 Å². The number of benzene rings is 1. The lowest BCUT2D eigenvalue weighted by Crippen LogP contribution is -2.14. The van der Waals surface area contributed by atoms with Crippen molar-refractivity contribution >= 4 is 28.1 Å². The second-order valence-electron chi connectivity index (χ2n) is 7.32. The summed E-state index contributed by atoms with van der Waals surface area (Å²) in [7, 11) is 0. The minimum Gasteiger partial charge on any atom is -0.320 e. The zero-order valence-electron chi connectivity index (χ0n) is 17.5. The minimum atomic E-state index is -0.204. The van der Waals surface area contributed by atoms with E-state index in [1.807, 2.05) is 64.2 Å². The zero-order valence-corrected chi connectivity index (χ0v) is 17.5. The van der Waals surface area contributed by atoms with Gasteiger partial charge in [0.15, 0.2) is 0 Å². The van der Waals surface area contributed by atoms with Gasteiger partial charge in [-0.3, -0.25) is 18.6 Å². The average molecular weight is 413 g/mol. The largest absolute Gasteiger partial charge is 0.320 e. The molecule has 0 atom stereocenters. The Balaban J connectivity index is 1.53. The van der Waals surface area contributed by atoms with E-state index in [-0.39, 0.29) is 5.91 Å². The maximum atomic E-state index is 13.1. The summed E-state index contributed by atoms with van der Waals surface area (Å²) in [6.45, 7) is 5.58. The Bertz CT molecular complexity index is 1390. The van der Waals surface area contributed by atoms with E-state index in [1.54, 1.807) is 10.6 Å². The summed E-state index contributed by atoms with van der Waals surface area (Å²) < 4.78 is 5.74. The number of pyridine rings is 1. The molecule has 0 aliphatic heterocycles. The van der Waals surface area contributed by atoms with Crippen LogP contribution in [0.5, 0.6) is 0 Å². The van der Waals surface area contributed by atoms with Crippen LogP contribution in [-0.4, -0.2) is 34.9 Å². The highest BCUT2D eigenvalue weighted by Gasteiger charge is 2.18. The molecule has 5 rings (SSSR count). The van der Waals surface area contributed by atoms with Crippen molar-refractivity contribution in [3.63, 3.8) is 0 Å². The fraction of sp³-hybridized carbons (Fsp3) is 0.217. The molecule has 0 saturated carbocycles. The smallest absolute Gasteiger partial charge is 0.274 e. The average Bonchev–Trinajstić information content (AvgIpc) is 3.51. The van der Waals surface area contributed by atoms with E-state index in [1.165, 1.54) is 0 Å². The van der Waals surface area contributed by atoms with Gasteiger partial charge >= 0.3 is 0 Å². The summed E-state index contributed by atoms with van der Waals surface area (Å²) in [4.78, 5) is 17.4. The third-order valence-electron chi connectivity index (χ3n) is 5.50. The Morgan fingerprint density at radius 1 is 1.06 bits per heavy atom. The summed E-state index contributed by atoms with van der Waals surface area (Å²) in [5.41, 5.74) is 5.00. The number of fused-ring (bicyclic) bond motifs is 2. The lowest BCUT2D eigenvalue weighted by Gasteiger charge is -2.09. The molecule has 156 valence electrons. The molecule has 1 aromatic carbocycles. The first-order chi connectivity index (χ1) is 15.2. The van der Waals surface area contributed by atoms with Crippen molar-refractivity contribution in [1.82, 2.24) is 28.9 Å². The third kappa shape index (κ3) is 3.26. The predicted molar refractivity (Wildman–Crippen MR) is 119 cm³/mol. The number of carbonyl (C=O) groups is 1. The molecule has 0 aliphatic rings. The van der Waals surface area contributed by atoms with Crippen molar-refractivity contribution in [1.29, 1.82) is 0 Å². The maximum absolute atomic E-state index is 13.1. The Hall–Kier alpha value is -3.94. The van der Waals surface area contributed by atoms with Crippen LogP contribution in [0.3, 0.4) is 0 Å². The van der Waals surface area contributed by atoms with Crippen LogP contribution >= 0.6 is 0 Å². The summed E-state index contributed by atoms with van der Waals surface area (Å²) in [6, 6.07) is 13.6. The number of amides is 1. The number of anilines is 1. The van der Waals surface area contributed by atoms with E-state index in [0.717, 1.165) is 46.6 Å². The first-order valence-corrected chi connectivity index (χ1v) is 10.4. The Morgan fingerprint density at radius 3 is 2.81 bits per heavy atom. The van der Waals surface area contributed by atoms with E-state index in [2.05, 4.69) is 29.2 Å². The monoisotopic (exact) mass is 413 g/mol. The van der Waals surface area contributed by atoms with Gasteiger partial charge in [-0.15, -0.1) is 0 Å². The molecule has 0 bridgehead atoms. The van der Waals surface area contributed by atoms with Gasteiger partial charge in [0.25, 0.3) is 5.91 Å². The molecule has 0 aliphatic carbocycles. The fourth-order valence-corrected chi connectivity index (χ4v) is 4.00. The van der Waals surface area contributed by atoms with Crippen LogP contribution in [0.25, 0.3) is 16.6 Å². The van der Waals surface area contributed by atoms with Crippen LogP contribution < -0.4 is 5.32 Å². The third-order valence-corrected chi connectivity index (χ3v) is 5.50. The first-order valence-electron chi connectivity index (χ1n) is 10.4. The number of aromatic nitrogens is 6. The van der Waals surface area contributed by atoms with Crippen LogP contribution in [0.1, 0.15) is 35.7 Å². The zero-order chi connectivity index (χ0) is 21.4. The number of nitrogens with one attached hydrogen (secondary N) is 1. The Labute approximate surface area is 179 Å². The molecule has 31 heavy (non-hydrogen) atoms. The lowest BCUT2D eigenvalue weighted by molar-refractivity contribution is 0.102. The van der Waals surface area contributed by atoms with Crippen molar-refractivity contribution in [2.75, 3.05) is 5.32 Å². The summed E-state index contributed by atoms with van der Waals surface area (Å²) in [5, 5.41) is 13.2. The highest BCUT2D eigenvalue weighted by atomic mass is 16.1. The topological polar surface area (TPSA) is 82.0 Å². The van der Waals surface area contributed by atoms with Gasteiger partial charge < -0.3 is 5.32 Å². The molecule has 8 nitrogen and oxygen atoms in total. The molecular formula is C23H23N7O. The first kappa shape index (κ1) is 19.0. The van der Waals surface area contributed by atoms with Gasteiger partial charge in [0.1, 0.15) is 11.3 Å². The van der Waals surface area contributed by atoms with Gasteiger partial charge in [0.05, 0.1) is 35.3 Å². The fourth-order valence-electron chi connectivity index (χ4n) is 4.00. The van der Waals surface area contributed by atoms with Gasteiger partial charge in [-0.05, 0) is 43.7 Å². The maximum Gasteiger partial charge on any atom is 0.274 e. The molecule has 4 aromatic heterocycles. The van der Waals surface area contributed by atoms with E-state index in [9.17, 15) is 4.79 Å². The summed E-state index contributed by atoms with van der Waals surface area (Å²) in [5.74, 6) is -0.204. The molecule has 4 heterocycles.